The summed E-state index contributed by atoms with van der Waals surface area (Å²) in [7, 11) is 2.07. The van der Waals surface area contributed by atoms with Gasteiger partial charge in [-0.25, -0.2) is 9.97 Å². The largest absolute Gasteiger partial charge is 0.352 e. The summed E-state index contributed by atoms with van der Waals surface area (Å²) in [5.74, 6) is 1.03. The lowest BCUT2D eigenvalue weighted by atomic mass is 10.3. The fraction of sp³-hybridized carbons (Fsp3) is 0.385. The van der Waals surface area contributed by atoms with Crippen LogP contribution in [0.25, 0.3) is 4.96 Å². The van der Waals surface area contributed by atoms with Crippen molar-refractivity contribution in [3.05, 3.63) is 33.9 Å². The molecule has 106 valence electrons. The number of thiazole rings is 2. The van der Waals surface area contributed by atoms with E-state index >= 15 is 0 Å². The summed E-state index contributed by atoms with van der Waals surface area (Å²) in [6.45, 7) is 4.68. The van der Waals surface area contributed by atoms with Crippen LogP contribution in [-0.2, 0) is 13.1 Å². The maximum Gasteiger partial charge on any atom is 0.195 e. The van der Waals surface area contributed by atoms with Crippen LogP contribution in [-0.4, -0.2) is 28.0 Å². The highest BCUT2D eigenvalue weighted by Gasteiger charge is 2.16. The molecule has 3 rings (SSSR count). The molecule has 7 heteroatoms. The summed E-state index contributed by atoms with van der Waals surface area (Å²) >= 11 is 3.29. The van der Waals surface area contributed by atoms with Gasteiger partial charge in [-0.1, -0.05) is 6.92 Å². The number of nitrogens with one attached hydrogen (secondary N) is 1. The van der Waals surface area contributed by atoms with Crippen LogP contribution in [0.5, 0.6) is 0 Å². The molecular formula is C13H17N5S2. The van der Waals surface area contributed by atoms with Gasteiger partial charge >= 0.3 is 0 Å². The number of rotatable bonds is 6. The lowest BCUT2D eigenvalue weighted by Crippen LogP contribution is -2.21. The Bertz CT molecular complexity index is 670. The Hall–Kier alpha value is -1.44. The van der Waals surface area contributed by atoms with Gasteiger partial charge in [0, 0.05) is 30.5 Å². The van der Waals surface area contributed by atoms with Crippen LogP contribution >= 0.6 is 22.7 Å². The highest BCUT2D eigenvalue weighted by atomic mass is 32.1. The summed E-state index contributed by atoms with van der Waals surface area (Å²) in [6, 6.07) is 0. The molecule has 0 unspecified atom stereocenters. The van der Waals surface area contributed by atoms with Gasteiger partial charge in [0.1, 0.15) is 0 Å². The molecule has 20 heavy (non-hydrogen) atoms. The quantitative estimate of drug-likeness (QED) is 0.760. The van der Waals surface area contributed by atoms with E-state index in [0.717, 1.165) is 36.1 Å². The summed E-state index contributed by atoms with van der Waals surface area (Å²) in [4.78, 5) is 12.3. The Morgan fingerprint density at radius 3 is 3.10 bits per heavy atom. The van der Waals surface area contributed by atoms with Crippen molar-refractivity contribution < 1.29 is 0 Å². The predicted octanol–water partition coefficient (Wildman–Crippen LogP) is 2.60. The van der Waals surface area contributed by atoms with Gasteiger partial charge in [0.15, 0.2) is 10.8 Å². The normalized spacial score (nSPS) is 11.3. The van der Waals surface area contributed by atoms with Crippen LogP contribution in [0.2, 0.25) is 0 Å². The third-order valence-electron chi connectivity index (χ3n) is 3.13. The van der Waals surface area contributed by atoms with E-state index in [1.165, 1.54) is 5.69 Å². The predicted molar refractivity (Wildman–Crippen MR) is 84.7 cm³/mol. The highest BCUT2D eigenvalue weighted by Crippen LogP contribution is 2.25. The van der Waals surface area contributed by atoms with E-state index in [4.69, 9.17) is 4.98 Å². The molecule has 0 aromatic carbocycles. The van der Waals surface area contributed by atoms with Gasteiger partial charge in [-0.2, -0.15) is 0 Å². The van der Waals surface area contributed by atoms with Gasteiger partial charge in [-0.15, -0.1) is 22.7 Å². The van der Waals surface area contributed by atoms with Gasteiger partial charge < -0.3 is 10.2 Å². The molecule has 3 heterocycles. The molecule has 0 aliphatic rings. The molecule has 1 N–H and O–H groups in total. The second kappa shape index (κ2) is 5.90. The summed E-state index contributed by atoms with van der Waals surface area (Å²) in [5.41, 5.74) is 4.16. The average molecular weight is 307 g/mol. The molecule has 0 aliphatic heterocycles. The maximum atomic E-state index is 4.75. The Morgan fingerprint density at radius 1 is 1.45 bits per heavy atom. The van der Waals surface area contributed by atoms with Gasteiger partial charge in [-0.05, 0) is 6.54 Å². The number of imidazole rings is 1. The average Bonchev–Trinajstić information content (AvgIpc) is 3.12. The molecule has 0 radical (unpaired) electrons. The van der Waals surface area contributed by atoms with Crippen molar-refractivity contribution in [2.75, 3.05) is 18.5 Å². The van der Waals surface area contributed by atoms with Crippen molar-refractivity contribution in [1.82, 2.24) is 19.7 Å². The number of anilines is 1. The zero-order valence-corrected chi connectivity index (χ0v) is 13.2. The van der Waals surface area contributed by atoms with Gasteiger partial charge in [0.05, 0.1) is 23.4 Å². The Kier molecular flexibility index (Phi) is 4.00. The minimum absolute atomic E-state index is 0.785. The molecule has 5 nitrogen and oxygen atoms in total. The number of aromatic nitrogens is 3. The van der Waals surface area contributed by atoms with Crippen molar-refractivity contribution in [3.63, 3.8) is 0 Å². The molecule has 0 saturated heterocycles. The van der Waals surface area contributed by atoms with E-state index in [9.17, 15) is 0 Å². The minimum Gasteiger partial charge on any atom is -0.352 e. The molecular weight excluding hydrogens is 290 g/mol. The van der Waals surface area contributed by atoms with Crippen LogP contribution in [0.15, 0.2) is 22.5 Å². The number of nitrogens with zero attached hydrogens (tertiary/aromatic N) is 4. The van der Waals surface area contributed by atoms with Gasteiger partial charge in [-0.3, -0.25) is 4.40 Å². The Morgan fingerprint density at radius 2 is 2.35 bits per heavy atom. The lowest BCUT2D eigenvalue weighted by molar-refractivity contribution is 0.702. The van der Waals surface area contributed by atoms with Gasteiger partial charge in [0.2, 0.25) is 0 Å². The van der Waals surface area contributed by atoms with E-state index in [0.29, 0.717) is 0 Å². The third-order valence-corrected chi connectivity index (χ3v) is 4.52. The zero-order chi connectivity index (χ0) is 13.9. The van der Waals surface area contributed by atoms with Crippen LogP contribution in [0.3, 0.4) is 0 Å². The van der Waals surface area contributed by atoms with E-state index < -0.39 is 0 Å². The van der Waals surface area contributed by atoms with Crippen LogP contribution in [0.1, 0.15) is 18.3 Å². The molecule has 0 spiro atoms. The number of hydrogen-bond acceptors (Lipinski definition) is 6. The standard InChI is InChI=1S/C13H17N5S2/c1-3-14-6-11-12(16-13-18(11)4-5-20-13)17(2)7-10-8-19-9-15-10/h4-5,8-9,14H,3,6-7H2,1-2H3. The van der Waals surface area contributed by atoms with Crippen LogP contribution in [0.4, 0.5) is 5.82 Å². The van der Waals surface area contributed by atoms with E-state index in [1.807, 2.05) is 5.51 Å². The molecule has 3 aromatic heterocycles. The first kappa shape index (κ1) is 13.5. The third kappa shape index (κ3) is 2.56. The van der Waals surface area contributed by atoms with Crippen molar-refractivity contribution in [3.8, 4) is 0 Å². The maximum absolute atomic E-state index is 4.75. The fourth-order valence-electron chi connectivity index (χ4n) is 2.17. The second-order valence-corrected chi connectivity index (χ2v) is 6.15. The van der Waals surface area contributed by atoms with E-state index in [1.54, 1.807) is 22.7 Å². The number of hydrogen-bond donors (Lipinski definition) is 1. The second-order valence-electron chi connectivity index (χ2n) is 4.55. The first-order valence-electron chi connectivity index (χ1n) is 6.53. The monoisotopic (exact) mass is 307 g/mol. The van der Waals surface area contributed by atoms with Crippen molar-refractivity contribution in [2.45, 2.75) is 20.0 Å². The topological polar surface area (TPSA) is 45.5 Å². The highest BCUT2D eigenvalue weighted by molar-refractivity contribution is 7.15. The summed E-state index contributed by atoms with van der Waals surface area (Å²) in [6.07, 6.45) is 2.08. The first-order valence-corrected chi connectivity index (χ1v) is 8.35. The Balaban J connectivity index is 1.90. The Labute approximate surface area is 125 Å². The van der Waals surface area contributed by atoms with Crippen molar-refractivity contribution in [1.29, 1.82) is 0 Å². The summed E-state index contributed by atoms with van der Waals surface area (Å²) < 4.78 is 2.17. The molecule has 3 aromatic rings. The molecule has 0 atom stereocenters. The van der Waals surface area contributed by atoms with Crippen molar-refractivity contribution >= 4 is 33.5 Å². The summed E-state index contributed by atoms with van der Waals surface area (Å²) in [5, 5.41) is 7.54. The molecule has 0 fully saturated rings. The van der Waals surface area contributed by atoms with E-state index in [-0.39, 0.29) is 0 Å². The van der Waals surface area contributed by atoms with Gasteiger partial charge in [0.25, 0.3) is 0 Å². The van der Waals surface area contributed by atoms with E-state index in [2.05, 4.69) is 50.5 Å². The smallest absolute Gasteiger partial charge is 0.195 e. The first-order chi connectivity index (χ1) is 9.79. The fourth-order valence-corrected chi connectivity index (χ4v) is 3.45. The molecule has 0 saturated carbocycles. The van der Waals surface area contributed by atoms with Crippen LogP contribution < -0.4 is 10.2 Å². The molecule has 0 aliphatic carbocycles. The number of fused-ring (bicyclic) bond motifs is 1. The lowest BCUT2D eigenvalue weighted by Gasteiger charge is -2.17. The SMILES string of the molecule is CCNCc1c(N(C)Cc2cscn2)nc2sccn12. The minimum atomic E-state index is 0.785. The van der Waals surface area contributed by atoms with Crippen LogP contribution in [0, 0.1) is 0 Å². The molecule has 0 amide bonds. The van der Waals surface area contributed by atoms with Crippen molar-refractivity contribution in [2.24, 2.45) is 0 Å². The zero-order valence-electron chi connectivity index (χ0n) is 11.5. The molecule has 0 bridgehead atoms.